The fourth-order valence-electron chi connectivity index (χ4n) is 2.53. The first-order chi connectivity index (χ1) is 5.70. The molecule has 4 atom stereocenters. The van der Waals surface area contributed by atoms with Crippen LogP contribution in [0.15, 0.2) is 12.2 Å². The van der Waals surface area contributed by atoms with Gasteiger partial charge in [-0.2, -0.15) is 0 Å². The van der Waals surface area contributed by atoms with Crippen LogP contribution < -0.4 is 0 Å². The van der Waals surface area contributed by atoms with E-state index in [9.17, 15) is 0 Å². The fraction of sp³-hybridized carbons (Fsp3) is 0.818. The molecule has 0 amide bonds. The van der Waals surface area contributed by atoms with Crippen LogP contribution in [0.4, 0.5) is 0 Å². The molecule has 1 saturated carbocycles. The number of ether oxygens (including phenoxy) is 1. The van der Waals surface area contributed by atoms with Gasteiger partial charge < -0.3 is 4.74 Å². The van der Waals surface area contributed by atoms with Crippen molar-refractivity contribution in [2.45, 2.75) is 32.8 Å². The van der Waals surface area contributed by atoms with E-state index < -0.39 is 0 Å². The maximum absolute atomic E-state index is 5.75. The lowest BCUT2D eigenvalue weighted by Gasteiger charge is -2.32. The van der Waals surface area contributed by atoms with Crippen LogP contribution in [0, 0.1) is 17.8 Å². The molecule has 1 heteroatoms. The highest BCUT2D eigenvalue weighted by molar-refractivity contribution is 5.14. The highest BCUT2D eigenvalue weighted by atomic mass is 16.5. The van der Waals surface area contributed by atoms with Crippen LogP contribution in [0.1, 0.15) is 26.7 Å². The molecule has 0 aromatic carbocycles. The number of hydrogen-bond donors (Lipinski definition) is 0. The Morgan fingerprint density at radius 1 is 1.33 bits per heavy atom. The number of hydrogen-bond acceptors (Lipinski definition) is 1. The van der Waals surface area contributed by atoms with Crippen molar-refractivity contribution in [3.05, 3.63) is 12.2 Å². The van der Waals surface area contributed by atoms with Gasteiger partial charge in [0.05, 0.1) is 12.7 Å². The fourth-order valence-corrected chi connectivity index (χ4v) is 2.53. The lowest BCUT2D eigenvalue weighted by atomic mass is 9.74. The predicted molar refractivity (Wildman–Crippen MR) is 49.9 cm³/mol. The first-order valence-electron chi connectivity index (χ1n) is 5.00. The smallest absolute Gasteiger partial charge is 0.0816 e. The topological polar surface area (TPSA) is 9.23 Å². The third kappa shape index (κ3) is 1.11. The maximum Gasteiger partial charge on any atom is 0.0816 e. The monoisotopic (exact) mass is 166 g/mol. The Morgan fingerprint density at radius 2 is 2.08 bits per heavy atom. The van der Waals surface area contributed by atoms with E-state index in [-0.39, 0.29) is 0 Å². The second-order valence-corrected chi connectivity index (χ2v) is 4.45. The Hall–Kier alpha value is -0.300. The van der Waals surface area contributed by atoms with Crippen molar-refractivity contribution in [1.82, 2.24) is 0 Å². The molecule has 1 aliphatic carbocycles. The molecule has 0 aromatic heterocycles. The third-order valence-electron chi connectivity index (χ3n) is 3.59. The molecule has 0 N–H and O–H groups in total. The molecule has 0 bridgehead atoms. The van der Waals surface area contributed by atoms with Gasteiger partial charge in [0.25, 0.3) is 0 Å². The lowest BCUT2D eigenvalue weighted by molar-refractivity contribution is 0.0948. The summed E-state index contributed by atoms with van der Waals surface area (Å²) in [7, 11) is 0. The molecule has 1 heterocycles. The molecule has 3 unspecified atom stereocenters. The highest BCUT2D eigenvalue weighted by Crippen LogP contribution is 2.42. The van der Waals surface area contributed by atoms with Crippen molar-refractivity contribution in [1.29, 1.82) is 0 Å². The zero-order chi connectivity index (χ0) is 8.72. The maximum atomic E-state index is 5.75. The summed E-state index contributed by atoms with van der Waals surface area (Å²) in [5.74, 6) is 2.20. The molecule has 68 valence electrons. The summed E-state index contributed by atoms with van der Waals surface area (Å²) in [6.45, 7) is 9.66. The predicted octanol–water partition coefficient (Wildman–Crippen LogP) is 2.62. The Bertz CT molecular complexity index is 197. The Balaban J connectivity index is 2.14. The van der Waals surface area contributed by atoms with E-state index in [2.05, 4.69) is 20.4 Å². The molecule has 0 spiro atoms. The second-order valence-electron chi connectivity index (χ2n) is 4.45. The normalized spacial score (nSPS) is 47.7. The van der Waals surface area contributed by atoms with E-state index in [1.54, 1.807) is 0 Å². The minimum atomic E-state index is 0.392. The van der Waals surface area contributed by atoms with E-state index in [1.165, 1.54) is 18.4 Å². The van der Waals surface area contributed by atoms with Crippen LogP contribution in [0.2, 0.25) is 0 Å². The first-order valence-corrected chi connectivity index (χ1v) is 5.00. The van der Waals surface area contributed by atoms with Gasteiger partial charge in [-0.1, -0.05) is 20.4 Å². The van der Waals surface area contributed by atoms with Gasteiger partial charge in [-0.15, -0.1) is 0 Å². The number of rotatable bonds is 0. The summed E-state index contributed by atoms with van der Waals surface area (Å²) < 4.78 is 5.75. The number of fused-ring (bicyclic) bond motifs is 1. The standard InChI is InChI=1S/C11H18O/c1-7-4-5-10-8(2)6-12-11(10)9(7)3/h7-8,10-11H,3-6H2,1-2H3/t7?,8?,10?,11-/m0/s1. The highest BCUT2D eigenvalue weighted by Gasteiger charge is 2.40. The van der Waals surface area contributed by atoms with E-state index in [0.29, 0.717) is 12.0 Å². The van der Waals surface area contributed by atoms with E-state index >= 15 is 0 Å². The molecule has 1 saturated heterocycles. The molecule has 0 aromatic rings. The Kier molecular flexibility index (Phi) is 1.99. The third-order valence-corrected chi connectivity index (χ3v) is 3.59. The molecule has 0 radical (unpaired) electrons. The van der Waals surface area contributed by atoms with Crippen molar-refractivity contribution >= 4 is 0 Å². The average Bonchev–Trinajstić information content (AvgIpc) is 2.41. The van der Waals surface area contributed by atoms with Gasteiger partial charge >= 0.3 is 0 Å². The zero-order valence-electron chi connectivity index (χ0n) is 8.05. The van der Waals surface area contributed by atoms with Crippen molar-refractivity contribution in [2.24, 2.45) is 17.8 Å². The average molecular weight is 166 g/mol. The minimum absolute atomic E-state index is 0.392. The summed E-state index contributed by atoms with van der Waals surface area (Å²) in [6.07, 6.45) is 3.04. The summed E-state index contributed by atoms with van der Waals surface area (Å²) in [5.41, 5.74) is 1.34. The van der Waals surface area contributed by atoms with Crippen molar-refractivity contribution in [3.8, 4) is 0 Å². The Morgan fingerprint density at radius 3 is 2.83 bits per heavy atom. The summed E-state index contributed by atoms with van der Waals surface area (Å²) in [4.78, 5) is 0. The first kappa shape index (κ1) is 8.31. The zero-order valence-corrected chi connectivity index (χ0v) is 8.05. The van der Waals surface area contributed by atoms with E-state index in [0.717, 1.165) is 18.4 Å². The largest absolute Gasteiger partial charge is 0.373 e. The van der Waals surface area contributed by atoms with E-state index in [1.807, 2.05) is 0 Å². The van der Waals surface area contributed by atoms with Crippen LogP contribution in [0.3, 0.4) is 0 Å². The minimum Gasteiger partial charge on any atom is -0.373 e. The molecular weight excluding hydrogens is 148 g/mol. The molecule has 2 aliphatic rings. The Labute approximate surface area is 74.8 Å². The molecular formula is C11H18O. The van der Waals surface area contributed by atoms with Crippen molar-refractivity contribution < 1.29 is 4.74 Å². The SMILES string of the molecule is C=C1C(C)CCC2C(C)CO[C@@H]12. The van der Waals surface area contributed by atoms with Gasteiger partial charge in [-0.3, -0.25) is 0 Å². The van der Waals surface area contributed by atoms with Gasteiger partial charge in [-0.05, 0) is 36.2 Å². The van der Waals surface area contributed by atoms with Gasteiger partial charge in [0, 0.05) is 0 Å². The lowest BCUT2D eigenvalue weighted by Crippen LogP contribution is -2.29. The second kappa shape index (κ2) is 2.88. The molecule has 2 fully saturated rings. The van der Waals surface area contributed by atoms with Gasteiger partial charge in [-0.25, -0.2) is 0 Å². The van der Waals surface area contributed by atoms with Crippen LogP contribution >= 0.6 is 0 Å². The van der Waals surface area contributed by atoms with Crippen LogP contribution in [-0.4, -0.2) is 12.7 Å². The van der Waals surface area contributed by atoms with E-state index in [4.69, 9.17) is 4.74 Å². The molecule has 2 rings (SSSR count). The molecule has 1 aliphatic heterocycles. The van der Waals surface area contributed by atoms with Gasteiger partial charge in [0.15, 0.2) is 0 Å². The van der Waals surface area contributed by atoms with Crippen LogP contribution in [-0.2, 0) is 4.74 Å². The van der Waals surface area contributed by atoms with Crippen LogP contribution in [0.5, 0.6) is 0 Å². The summed E-state index contributed by atoms with van der Waals surface area (Å²) >= 11 is 0. The quantitative estimate of drug-likeness (QED) is 0.503. The summed E-state index contributed by atoms with van der Waals surface area (Å²) in [6, 6.07) is 0. The van der Waals surface area contributed by atoms with Crippen molar-refractivity contribution in [3.63, 3.8) is 0 Å². The van der Waals surface area contributed by atoms with Crippen molar-refractivity contribution in [2.75, 3.05) is 6.61 Å². The van der Waals surface area contributed by atoms with Gasteiger partial charge in [0.2, 0.25) is 0 Å². The molecule has 12 heavy (non-hydrogen) atoms. The summed E-state index contributed by atoms with van der Waals surface area (Å²) in [5, 5.41) is 0. The van der Waals surface area contributed by atoms with Crippen LogP contribution in [0.25, 0.3) is 0 Å². The van der Waals surface area contributed by atoms with Gasteiger partial charge in [0.1, 0.15) is 0 Å². The molecule has 1 nitrogen and oxygen atoms in total.